The van der Waals surface area contributed by atoms with Crippen LogP contribution in [-0.4, -0.2) is 47.2 Å². The zero-order valence-corrected chi connectivity index (χ0v) is 17.0. The Labute approximate surface area is 169 Å². The molecule has 1 saturated carbocycles. The highest BCUT2D eigenvalue weighted by molar-refractivity contribution is 7.15. The Morgan fingerprint density at radius 2 is 1.75 bits per heavy atom. The summed E-state index contributed by atoms with van der Waals surface area (Å²) in [6.45, 7) is 3.14. The number of halogens is 1. The van der Waals surface area contributed by atoms with Crippen molar-refractivity contribution >= 4 is 22.4 Å². The van der Waals surface area contributed by atoms with E-state index in [0.717, 1.165) is 48.3 Å². The fourth-order valence-electron chi connectivity index (χ4n) is 4.14. The van der Waals surface area contributed by atoms with E-state index in [4.69, 9.17) is 0 Å². The van der Waals surface area contributed by atoms with E-state index in [1.807, 2.05) is 4.90 Å². The predicted octanol–water partition coefficient (Wildman–Crippen LogP) is 3.89. The van der Waals surface area contributed by atoms with E-state index < -0.39 is 0 Å². The first-order valence-electron chi connectivity index (χ1n) is 10.3. The van der Waals surface area contributed by atoms with Gasteiger partial charge in [-0.05, 0) is 36.5 Å². The van der Waals surface area contributed by atoms with Crippen molar-refractivity contribution in [1.29, 1.82) is 0 Å². The van der Waals surface area contributed by atoms with Gasteiger partial charge in [-0.3, -0.25) is 4.79 Å². The summed E-state index contributed by atoms with van der Waals surface area (Å²) in [6, 6.07) is 6.52. The Morgan fingerprint density at radius 3 is 2.46 bits per heavy atom. The smallest absolute Gasteiger partial charge is 0.222 e. The number of amides is 1. The maximum atomic E-state index is 13.0. The van der Waals surface area contributed by atoms with Gasteiger partial charge in [0.1, 0.15) is 10.8 Å². The Hall–Kier alpha value is -2.02. The molecule has 1 aromatic heterocycles. The zero-order valence-electron chi connectivity index (χ0n) is 16.1. The third-order valence-electron chi connectivity index (χ3n) is 5.82. The topological polar surface area (TPSA) is 49.3 Å². The van der Waals surface area contributed by atoms with Gasteiger partial charge in [-0.1, -0.05) is 42.7 Å². The molecule has 0 atom stereocenters. The lowest BCUT2D eigenvalue weighted by atomic mass is 9.86. The Morgan fingerprint density at radius 1 is 1.04 bits per heavy atom. The van der Waals surface area contributed by atoms with Crippen molar-refractivity contribution in [2.24, 2.45) is 5.92 Å². The van der Waals surface area contributed by atoms with Gasteiger partial charge >= 0.3 is 0 Å². The molecule has 0 N–H and O–H groups in total. The number of nitrogens with zero attached hydrogens (tertiary/aromatic N) is 4. The number of benzene rings is 1. The minimum absolute atomic E-state index is 0.224. The molecular formula is C21H27FN4OS. The summed E-state index contributed by atoms with van der Waals surface area (Å²) in [6.07, 6.45) is 7.71. The monoisotopic (exact) mass is 402 g/mol. The second-order valence-electron chi connectivity index (χ2n) is 7.86. The first-order chi connectivity index (χ1) is 13.7. The first kappa shape index (κ1) is 19.3. The van der Waals surface area contributed by atoms with Gasteiger partial charge in [0.2, 0.25) is 11.0 Å². The zero-order chi connectivity index (χ0) is 19.3. The summed E-state index contributed by atoms with van der Waals surface area (Å²) >= 11 is 1.58. The van der Waals surface area contributed by atoms with Crippen molar-refractivity contribution in [3.63, 3.8) is 0 Å². The van der Waals surface area contributed by atoms with Crippen LogP contribution in [0.2, 0.25) is 0 Å². The minimum atomic E-state index is -0.224. The van der Waals surface area contributed by atoms with Crippen molar-refractivity contribution < 1.29 is 9.18 Å². The summed E-state index contributed by atoms with van der Waals surface area (Å²) in [7, 11) is 0. The van der Waals surface area contributed by atoms with E-state index >= 15 is 0 Å². The SMILES string of the molecule is O=C(CC1CCCCC1)N1CCN(c2nnc(Cc3ccc(F)cc3)s2)CC1. The maximum absolute atomic E-state index is 13.0. The Bertz CT molecular complexity index is 780. The molecule has 1 aromatic carbocycles. The summed E-state index contributed by atoms with van der Waals surface area (Å²) in [4.78, 5) is 16.8. The van der Waals surface area contributed by atoms with Crippen LogP contribution < -0.4 is 4.90 Å². The van der Waals surface area contributed by atoms with E-state index in [1.165, 1.54) is 44.2 Å². The number of rotatable bonds is 5. The summed E-state index contributed by atoms with van der Waals surface area (Å²) < 4.78 is 13.0. The molecule has 0 radical (unpaired) electrons. The Kier molecular flexibility index (Phi) is 6.20. The highest BCUT2D eigenvalue weighted by Crippen LogP contribution is 2.28. The molecule has 0 spiro atoms. The number of anilines is 1. The average molecular weight is 403 g/mol. The number of hydrogen-bond donors (Lipinski definition) is 0. The summed E-state index contributed by atoms with van der Waals surface area (Å²) in [5, 5.41) is 10.5. The molecule has 2 heterocycles. The second kappa shape index (κ2) is 8.99. The molecule has 1 aliphatic heterocycles. The van der Waals surface area contributed by atoms with E-state index in [0.29, 0.717) is 18.2 Å². The van der Waals surface area contributed by atoms with Crippen LogP contribution in [0.15, 0.2) is 24.3 Å². The predicted molar refractivity (Wildman–Crippen MR) is 109 cm³/mol. The van der Waals surface area contributed by atoms with Gasteiger partial charge in [-0.25, -0.2) is 4.39 Å². The third-order valence-corrected chi connectivity index (χ3v) is 6.80. The van der Waals surface area contributed by atoms with Crippen LogP contribution in [0, 0.1) is 11.7 Å². The quantitative estimate of drug-likeness (QED) is 0.761. The number of carbonyl (C=O) groups is 1. The number of piperazine rings is 1. The number of aromatic nitrogens is 2. The molecule has 28 heavy (non-hydrogen) atoms. The van der Waals surface area contributed by atoms with Gasteiger partial charge in [0.05, 0.1) is 0 Å². The molecule has 150 valence electrons. The maximum Gasteiger partial charge on any atom is 0.222 e. The highest BCUT2D eigenvalue weighted by Gasteiger charge is 2.25. The molecule has 0 bridgehead atoms. The highest BCUT2D eigenvalue weighted by atomic mass is 32.1. The fourth-order valence-corrected chi connectivity index (χ4v) is 5.06. The average Bonchev–Trinajstić information content (AvgIpc) is 3.19. The number of carbonyl (C=O) groups excluding carboxylic acids is 1. The second-order valence-corrected chi connectivity index (χ2v) is 8.90. The lowest BCUT2D eigenvalue weighted by molar-refractivity contribution is -0.132. The van der Waals surface area contributed by atoms with E-state index in [1.54, 1.807) is 23.5 Å². The minimum Gasteiger partial charge on any atom is -0.343 e. The normalized spacial score (nSPS) is 18.5. The molecule has 0 unspecified atom stereocenters. The van der Waals surface area contributed by atoms with Gasteiger partial charge in [-0.2, -0.15) is 0 Å². The van der Waals surface area contributed by atoms with Crippen molar-refractivity contribution in [2.45, 2.75) is 44.9 Å². The van der Waals surface area contributed by atoms with Crippen molar-refractivity contribution in [3.05, 3.63) is 40.7 Å². The van der Waals surface area contributed by atoms with E-state index in [2.05, 4.69) is 15.1 Å². The Balaban J connectivity index is 1.27. The molecule has 1 aliphatic carbocycles. The molecule has 2 aromatic rings. The molecule has 5 nitrogen and oxygen atoms in total. The third kappa shape index (κ3) is 4.87. The lowest BCUT2D eigenvalue weighted by Crippen LogP contribution is -2.49. The molecule has 1 amide bonds. The fraction of sp³-hybridized carbons (Fsp3) is 0.571. The van der Waals surface area contributed by atoms with Crippen LogP contribution in [0.1, 0.15) is 49.1 Å². The van der Waals surface area contributed by atoms with E-state index in [9.17, 15) is 9.18 Å². The summed E-state index contributed by atoms with van der Waals surface area (Å²) in [5.41, 5.74) is 1.03. The van der Waals surface area contributed by atoms with Gasteiger partial charge in [0, 0.05) is 39.0 Å². The standard InChI is InChI=1S/C21H27FN4OS/c22-18-8-6-17(7-9-18)14-19-23-24-21(28-19)26-12-10-25(11-13-26)20(27)15-16-4-2-1-3-5-16/h6-9,16H,1-5,10-15H2. The first-order valence-corrected chi connectivity index (χ1v) is 11.1. The molecule has 2 aliphatic rings. The van der Waals surface area contributed by atoms with Crippen molar-refractivity contribution in [2.75, 3.05) is 31.1 Å². The van der Waals surface area contributed by atoms with Crippen LogP contribution in [0.5, 0.6) is 0 Å². The van der Waals surface area contributed by atoms with Crippen LogP contribution in [-0.2, 0) is 11.2 Å². The van der Waals surface area contributed by atoms with Crippen LogP contribution >= 0.6 is 11.3 Å². The van der Waals surface area contributed by atoms with Crippen molar-refractivity contribution in [3.8, 4) is 0 Å². The number of hydrogen-bond acceptors (Lipinski definition) is 5. The van der Waals surface area contributed by atoms with Crippen molar-refractivity contribution in [1.82, 2.24) is 15.1 Å². The van der Waals surface area contributed by atoms with Gasteiger partial charge in [0.15, 0.2) is 0 Å². The largest absolute Gasteiger partial charge is 0.343 e. The molecule has 2 fully saturated rings. The molecular weight excluding hydrogens is 375 g/mol. The van der Waals surface area contributed by atoms with Crippen LogP contribution in [0.3, 0.4) is 0 Å². The summed E-state index contributed by atoms with van der Waals surface area (Å²) in [5.74, 6) is 0.690. The van der Waals surface area contributed by atoms with E-state index in [-0.39, 0.29) is 5.82 Å². The lowest BCUT2D eigenvalue weighted by Gasteiger charge is -2.35. The molecule has 4 rings (SSSR count). The molecule has 7 heteroatoms. The van der Waals surface area contributed by atoms with Crippen LogP contribution in [0.4, 0.5) is 9.52 Å². The molecule has 1 saturated heterocycles. The van der Waals surface area contributed by atoms with Gasteiger partial charge in [-0.15, -0.1) is 10.2 Å². The van der Waals surface area contributed by atoms with Gasteiger partial charge in [0.25, 0.3) is 0 Å². The van der Waals surface area contributed by atoms with Crippen LogP contribution in [0.25, 0.3) is 0 Å². The van der Waals surface area contributed by atoms with Gasteiger partial charge < -0.3 is 9.80 Å².